The molecule has 0 N–H and O–H groups in total. The van der Waals surface area contributed by atoms with Crippen molar-refractivity contribution in [2.75, 3.05) is 6.61 Å². The molecule has 2 aromatic rings. The summed E-state index contributed by atoms with van der Waals surface area (Å²) < 4.78 is 26.2. The van der Waals surface area contributed by atoms with Crippen molar-refractivity contribution in [3.8, 4) is 11.5 Å². The van der Waals surface area contributed by atoms with E-state index in [-0.39, 0.29) is 11.9 Å². The fourth-order valence-electron chi connectivity index (χ4n) is 2.16. The molecule has 100 valence electrons. The molecule has 1 aromatic carbocycles. The molecule has 0 aliphatic carbocycles. The first-order chi connectivity index (χ1) is 9.24. The van der Waals surface area contributed by atoms with Crippen LogP contribution in [-0.4, -0.2) is 22.5 Å². The van der Waals surface area contributed by atoms with Gasteiger partial charge in [0, 0.05) is 18.5 Å². The third-order valence-electron chi connectivity index (χ3n) is 3.13. The van der Waals surface area contributed by atoms with Gasteiger partial charge in [0.2, 0.25) is 0 Å². The molecule has 0 bridgehead atoms. The Morgan fingerprint density at radius 3 is 3.21 bits per heavy atom. The predicted molar refractivity (Wildman–Crippen MR) is 67.9 cm³/mol. The second-order valence-electron chi connectivity index (χ2n) is 4.54. The average Bonchev–Trinajstić information content (AvgIpc) is 3.01. The lowest BCUT2D eigenvalue weighted by Gasteiger charge is -2.10. The Bertz CT molecular complexity index is 583. The quantitative estimate of drug-likeness (QED) is 0.849. The number of aromatic nitrogens is 2. The van der Waals surface area contributed by atoms with Crippen molar-refractivity contribution in [1.29, 1.82) is 0 Å². The van der Waals surface area contributed by atoms with E-state index in [0.29, 0.717) is 13.0 Å². The van der Waals surface area contributed by atoms with Crippen LogP contribution in [-0.2, 0) is 13.0 Å². The molecular weight excluding hydrogens is 247 g/mol. The highest BCUT2D eigenvalue weighted by Crippen LogP contribution is 2.29. The van der Waals surface area contributed by atoms with Crippen molar-refractivity contribution in [2.45, 2.75) is 26.0 Å². The Labute approximate surface area is 110 Å². The molecule has 0 amide bonds. The minimum atomic E-state index is -0.229. The van der Waals surface area contributed by atoms with E-state index in [1.165, 1.54) is 12.1 Å². The van der Waals surface area contributed by atoms with E-state index >= 15 is 0 Å². The van der Waals surface area contributed by atoms with E-state index in [1.54, 1.807) is 16.9 Å². The van der Waals surface area contributed by atoms with Gasteiger partial charge in [0.25, 0.3) is 0 Å². The SMILES string of the molecule is CCn1cc(OCC2Cc3cc(F)ccc3O2)cn1. The average molecular weight is 262 g/mol. The van der Waals surface area contributed by atoms with Gasteiger partial charge in [-0.15, -0.1) is 0 Å². The first-order valence-electron chi connectivity index (χ1n) is 6.35. The van der Waals surface area contributed by atoms with Gasteiger partial charge in [0.1, 0.15) is 24.3 Å². The van der Waals surface area contributed by atoms with Crippen LogP contribution in [0.3, 0.4) is 0 Å². The maximum absolute atomic E-state index is 13.1. The highest BCUT2D eigenvalue weighted by Gasteiger charge is 2.23. The van der Waals surface area contributed by atoms with Crippen LogP contribution in [0.15, 0.2) is 30.6 Å². The molecule has 0 radical (unpaired) electrons. The summed E-state index contributed by atoms with van der Waals surface area (Å²) >= 11 is 0. The summed E-state index contributed by atoms with van der Waals surface area (Å²) in [6, 6.07) is 4.59. The van der Waals surface area contributed by atoms with Gasteiger partial charge in [-0.3, -0.25) is 4.68 Å². The van der Waals surface area contributed by atoms with Crippen LogP contribution in [0.25, 0.3) is 0 Å². The molecule has 0 saturated heterocycles. The van der Waals surface area contributed by atoms with Crippen LogP contribution >= 0.6 is 0 Å². The fraction of sp³-hybridized carbons (Fsp3) is 0.357. The number of benzene rings is 1. The van der Waals surface area contributed by atoms with Crippen LogP contribution in [0.4, 0.5) is 4.39 Å². The number of hydrogen-bond acceptors (Lipinski definition) is 3. The molecule has 5 heteroatoms. The zero-order valence-corrected chi connectivity index (χ0v) is 10.7. The van der Waals surface area contributed by atoms with Crippen LogP contribution in [0, 0.1) is 5.82 Å². The van der Waals surface area contributed by atoms with E-state index in [0.717, 1.165) is 23.6 Å². The zero-order valence-electron chi connectivity index (χ0n) is 10.7. The Hall–Kier alpha value is -2.04. The number of rotatable bonds is 4. The van der Waals surface area contributed by atoms with E-state index in [9.17, 15) is 4.39 Å². The first-order valence-corrected chi connectivity index (χ1v) is 6.35. The third kappa shape index (κ3) is 2.54. The minimum absolute atomic E-state index is 0.0678. The molecule has 2 heterocycles. The van der Waals surface area contributed by atoms with Gasteiger partial charge in [-0.2, -0.15) is 5.10 Å². The van der Waals surface area contributed by atoms with Gasteiger partial charge >= 0.3 is 0 Å². The fourth-order valence-corrected chi connectivity index (χ4v) is 2.16. The summed E-state index contributed by atoms with van der Waals surface area (Å²) in [6.45, 7) is 3.27. The lowest BCUT2D eigenvalue weighted by atomic mass is 10.1. The monoisotopic (exact) mass is 262 g/mol. The molecule has 3 rings (SSSR count). The predicted octanol–water partition coefficient (Wildman–Crippen LogP) is 2.42. The molecule has 1 atom stereocenters. The van der Waals surface area contributed by atoms with Gasteiger partial charge in [-0.05, 0) is 25.1 Å². The van der Waals surface area contributed by atoms with Crippen molar-refractivity contribution < 1.29 is 13.9 Å². The second kappa shape index (κ2) is 4.91. The molecule has 19 heavy (non-hydrogen) atoms. The van der Waals surface area contributed by atoms with Crippen LogP contribution in [0.2, 0.25) is 0 Å². The van der Waals surface area contributed by atoms with E-state index in [4.69, 9.17) is 9.47 Å². The molecule has 0 saturated carbocycles. The zero-order chi connectivity index (χ0) is 13.2. The topological polar surface area (TPSA) is 36.3 Å². The van der Waals surface area contributed by atoms with Crippen LogP contribution in [0.5, 0.6) is 11.5 Å². The lowest BCUT2D eigenvalue weighted by Crippen LogP contribution is -2.22. The number of hydrogen-bond donors (Lipinski definition) is 0. The van der Waals surface area contributed by atoms with Crippen molar-refractivity contribution in [1.82, 2.24) is 9.78 Å². The summed E-state index contributed by atoms with van der Waals surface area (Å²) in [7, 11) is 0. The van der Waals surface area contributed by atoms with E-state index < -0.39 is 0 Å². The summed E-state index contributed by atoms with van der Waals surface area (Å²) in [4.78, 5) is 0. The molecule has 0 fully saturated rings. The lowest BCUT2D eigenvalue weighted by molar-refractivity contribution is 0.148. The number of ether oxygens (including phenoxy) is 2. The van der Waals surface area contributed by atoms with Crippen molar-refractivity contribution in [3.63, 3.8) is 0 Å². The maximum atomic E-state index is 13.1. The molecule has 1 aromatic heterocycles. The smallest absolute Gasteiger partial charge is 0.157 e. The van der Waals surface area contributed by atoms with Crippen LogP contribution in [0.1, 0.15) is 12.5 Å². The van der Waals surface area contributed by atoms with Crippen molar-refractivity contribution in [3.05, 3.63) is 42.0 Å². The molecular formula is C14H15FN2O2. The standard InChI is InChI=1S/C14H15FN2O2/c1-2-17-8-13(7-16-17)18-9-12-6-10-5-11(15)3-4-14(10)19-12/h3-5,7-8,12H,2,6,9H2,1H3. The van der Waals surface area contributed by atoms with Gasteiger partial charge < -0.3 is 9.47 Å². The normalized spacial score (nSPS) is 17.1. The van der Waals surface area contributed by atoms with Crippen molar-refractivity contribution >= 4 is 0 Å². The molecule has 0 spiro atoms. The first kappa shape index (κ1) is 12.0. The van der Waals surface area contributed by atoms with Gasteiger partial charge in [-0.1, -0.05) is 0 Å². The summed E-state index contributed by atoms with van der Waals surface area (Å²) in [5.41, 5.74) is 0.901. The minimum Gasteiger partial charge on any atom is -0.486 e. The summed E-state index contributed by atoms with van der Waals surface area (Å²) in [6.07, 6.45) is 4.14. The Morgan fingerprint density at radius 2 is 2.42 bits per heavy atom. The van der Waals surface area contributed by atoms with Crippen LogP contribution < -0.4 is 9.47 Å². The maximum Gasteiger partial charge on any atom is 0.157 e. The van der Waals surface area contributed by atoms with Gasteiger partial charge in [0.05, 0.1) is 12.4 Å². The number of fused-ring (bicyclic) bond motifs is 1. The summed E-state index contributed by atoms with van der Waals surface area (Å²) in [5.74, 6) is 1.25. The van der Waals surface area contributed by atoms with E-state index in [2.05, 4.69) is 5.10 Å². The Kier molecular flexibility index (Phi) is 3.11. The Morgan fingerprint density at radius 1 is 1.53 bits per heavy atom. The van der Waals surface area contributed by atoms with Crippen molar-refractivity contribution in [2.24, 2.45) is 0 Å². The van der Waals surface area contributed by atoms with E-state index in [1.807, 2.05) is 13.1 Å². The highest BCUT2D eigenvalue weighted by atomic mass is 19.1. The molecule has 1 aliphatic rings. The Balaban J connectivity index is 1.58. The third-order valence-corrected chi connectivity index (χ3v) is 3.13. The highest BCUT2D eigenvalue weighted by molar-refractivity contribution is 5.37. The summed E-state index contributed by atoms with van der Waals surface area (Å²) in [5, 5.41) is 4.13. The second-order valence-corrected chi connectivity index (χ2v) is 4.54. The van der Waals surface area contributed by atoms with Gasteiger partial charge in [-0.25, -0.2) is 4.39 Å². The largest absolute Gasteiger partial charge is 0.486 e. The molecule has 1 aliphatic heterocycles. The number of nitrogens with zero attached hydrogens (tertiary/aromatic N) is 2. The van der Waals surface area contributed by atoms with Gasteiger partial charge in [0.15, 0.2) is 5.75 Å². The number of halogens is 1. The molecule has 4 nitrogen and oxygen atoms in total. The molecule has 1 unspecified atom stereocenters. The number of aryl methyl sites for hydroxylation is 1.